The highest BCUT2D eigenvalue weighted by molar-refractivity contribution is 5.88. The molecule has 4 rings (SSSR count). The number of methoxy groups -OCH3 is 1. The lowest BCUT2D eigenvalue weighted by Gasteiger charge is -2.24. The molecule has 0 aliphatic carbocycles. The first-order valence-electron chi connectivity index (χ1n) is 10.9. The number of tetrazole rings is 1. The summed E-state index contributed by atoms with van der Waals surface area (Å²) in [6.07, 6.45) is 0. The molecule has 180 valence electrons. The maximum atomic E-state index is 14.5. The second-order valence-electron chi connectivity index (χ2n) is 7.92. The predicted molar refractivity (Wildman–Crippen MR) is 126 cm³/mol. The van der Waals surface area contributed by atoms with Gasteiger partial charge in [0.05, 0.1) is 18.8 Å². The summed E-state index contributed by atoms with van der Waals surface area (Å²) in [5.41, 5.74) is 2.21. The minimum absolute atomic E-state index is 0.172. The van der Waals surface area contributed by atoms with Crippen LogP contribution < -0.4 is 15.4 Å². The van der Waals surface area contributed by atoms with Crippen molar-refractivity contribution in [3.05, 3.63) is 95.3 Å². The highest BCUT2D eigenvalue weighted by atomic mass is 19.2. The van der Waals surface area contributed by atoms with Gasteiger partial charge in [-0.2, -0.15) is 4.68 Å². The fourth-order valence-electron chi connectivity index (χ4n) is 3.78. The molecule has 35 heavy (non-hydrogen) atoms. The highest BCUT2D eigenvalue weighted by Gasteiger charge is 2.26. The minimum atomic E-state index is -0.923. The molecule has 1 aromatic heterocycles. The monoisotopic (exact) mass is 478 g/mol. The van der Waals surface area contributed by atoms with Crippen molar-refractivity contribution in [2.24, 2.45) is 0 Å². The number of carbonyl (C=O) groups is 1. The van der Waals surface area contributed by atoms with E-state index in [4.69, 9.17) is 4.74 Å². The van der Waals surface area contributed by atoms with Crippen LogP contribution in [0.3, 0.4) is 0 Å². The molecule has 0 aliphatic rings. The Morgan fingerprint density at radius 2 is 1.80 bits per heavy atom. The number of halogens is 2. The van der Waals surface area contributed by atoms with E-state index in [1.807, 2.05) is 24.3 Å². The van der Waals surface area contributed by atoms with Crippen LogP contribution in [0.2, 0.25) is 0 Å². The van der Waals surface area contributed by atoms with E-state index in [9.17, 15) is 13.6 Å². The second-order valence-corrected chi connectivity index (χ2v) is 7.92. The SMILES string of the molecule is COc1cccc(-n2nnnc2C(NC(C)c2cccc(F)c2F)c2ccc(NC(C)=O)cc2)c1. The molecule has 3 aromatic carbocycles. The molecule has 0 bridgehead atoms. The van der Waals surface area contributed by atoms with Crippen molar-refractivity contribution in [1.82, 2.24) is 25.5 Å². The smallest absolute Gasteiger partial charge is 0.221 e. The Labute approximate surface area is 200 Å². The first kappa shape index (κ1) is 24.0. The van der Waals surface area contributed by atoms with E-state index < -0.39 is 23.7 Å². The number of carbonyl (C=O) groups excluding carboxylic acids is 1. The number of hydrogen-bond donors (Lipinski definition) is 2. The molecule has 0 saturated heterocycles. The molecular weight excluding hydrogens is 454 g/mol. The first-order chi connectivity index (χ1) is 16.9. The van der Waals surface area contributed by atoms with E-state index in [0.29, 0.717) is 22.9 Å². The zero-order chi connectivity index (χ0) is 24.9. The molecular formula is C25H24F2N6O2. The zero-order valence-corrected chi connectivity index (χ0v) is 19.4. The number of nitrogens with one attached hydrogen (secondary N) is 2. The third-order valence-electron chi connectivity index (χ3n) is 5.48. The fraction of sp³-hybridized carbons (Fsp3) is 0.200. The molecule has 0 radical (unpaired) electrons. The summed E-state index contributed by atoms with van der Waals surface area (Å²) in [6, 6.07) is 17.2. The average Bonchev–Trinajstić information content (AvgIpc) is 3.34. The van der Waals surface area contributed by atoms with Crippen LogP contribution in [-0.2, 0) is 4.79 Å². The molecule has 1 amide bonds. The number of rotatable bonds is 8. The number of nitrogens with zero attached hydrogens (tertiary/aromatic N) is 4. The average molecular weight is 479 g/mol. The predicted octanol–water partition coefficient (Wildman–Crippen LogP) is 4.35. The van der Waals surface area contributed by atoms with Crippen molar-refractivity contribution < 1.29 is 18.3 Å². The van der Waals surface area contributed by atoms with E-state index >= 15 is 0 Å². The van der Waals surface area contributed by atoms with E-state index in [1.165, 1.54) is 19.1 Å². The normalized spacial score (nSPS) is 12.7. The van der Waals surface area contributed by atoms with Crippen LogP contribution in [-0.4, -0.2) is 33.2 Å². The molecule has 4 aromatic rings. The Hall–Kier alpha value is -4.18. The number of hydrogen-bond acceptors (Lipinski definition) is 6. The molecule has 8 nitrogen and oxygen atoms in total. The van der Waals surface area contributed by atoms with Crippen LogP contribution >= 0.6 is 0 Å². The first-order valence-corrected chi connectivity index (χ1v) is 10.9. The van der Waals surface area contributed by atoms with Gasteiger partial charge in [0.15, 0.2) is 17.5 Å². The largest absolute Gasteiger partial charge is 0.497 e. The van der Waals surface area contributed by atoms with Gasteiger partial charge in [0.1, 0.15) is 5.75 Å². The Morgan fingerprint density at radius 1 is 1.06 bits per heavy atom. The zero-order valence-electron chi connectivity index (χ0n) is 19.4. The Morgan fingerprint density at radius 3 is 2.51 bits per heavy atom. The Kier molecular flexibility index (Phi) is 7.11. The lowest BCUT2D eigenvalue weighted by molar-refractivity contribution is -0.114. The van der Waals surface area contributed by atoms with Gasteiger partial charge in [-0.25, -0.2) is 8.78 Å². The van der Waals surface area contributed by atoms with Gasteiger partial charge in [-0.1, -0.05) is 30.3 Å². The number of benzene rings is 3. The molecule has 1 heterocycles. The van der Waals surface area contributed by atoms with Gasteiger partial charge in [-0.05, 0) is 53.2 Å². The number of amides is 1. The van der Waals surface area contributed by atoms with Gasteiger partial charge in [-0.15, -0.1) is 5.10 Å². The summed E-state index contributed by atoms with van der Waals surface area (Å²) in [5.74, 6) is -0.977. The van der Waals surface area contributed by atoms with Crippen molar-refractivity contribution in [3.63, 3.8) is 0 Å². The van der Waals surface area contributed by atoms with Gasteiger partial charge < -0.3 is 10.1 Å². The molecule has 0 aliphatic heterocycles. The maximum Gasteiger partial charge on any atom is 0.221 e. The van der Waals surface area contributed by atoms with E-state index in [1.54, 1.807) is 43.0 Å². The Bertz CT molecular complexity index is 1330. The molecule has 0 saturated carbocycles. The summed E-state index contributed by atoms with van der Waals surface area (Å²) in [4.78, 5) is 11.4. The van der Waals surface area contributed by atoms with Crippen LogP contribution in [0.1, 0.15) is 42.9 Å². The quantitative estimate of drug-likeness (QED) is 0.391. The van der Waals surface area contributed by atoms with Gasteiger partial charge in [0, 0.05) is 30.3 Å². The van der Waals surface area contributed by atoms with E-state index in [-0.39, 0.29) is 11.5 Å². The van der Waals surface area contributed by atoms with Crippen molar-refractivity contribution in [1.29, 1.82) is 0 Å². The minimum Gasteiger partial charge on any atom is -0.497 e. The summed E-state index contributed by atoms with van der Waals surface area (Å²) in [6.45, 7) is 3.16. The third-order valence-corrected chi connectivity index (χ3v) is 5.48. The van der Waals surface area contributed by atoms with Crippen molar-refractivity contribution in [3.8, 4) is 11.4 Å². The molecule has 2 N–H and O–H groups in total. The van der Waals surface area contributed by atoms with Gasteiger partial charge in [0.2, 0.25) is 5.91 Å². The molecule has 2 atom stereocenters. The van der Waals surface area contributed by atoms with Crippen LogP contribution in [0.4, 0.5) is 14.5 Å². The Balaban J connectivity index is 1.76. The summed E-state index contributed by atoms with van der Waals surface area (Å²) in [7, 11) is 1.57. The summed E-state index contributed by atoms with van der Waals surface area (Å²) < 4.78 is 35.3. The lowest BCUT2D eigenvalue weighted by atomic mass is 10.0. The molecule has 0 fully saturated rings. The van der Waals surface area contributed by atoms with Gasteiger partial charge in [-0.3, -0.25) is 10.1 Å². The van der Waals surface area contributed by atoms with Gasteiger partial charge >= 0.3 is 0 Å². The van der Waals surface area contributed by atoms with Crippen LogP contribution in [0, 0.1) is 11.6 Å². The van der Waals surface area contributed by atoms with Crippen molar-refractivity contribution in [2.45, 2.75) is 25.9 Å². The maximum absolute atomic E-state index is 14.5. The molecule has 2 unspecified atom stereocenters. The van der Waals surface area contributed by atoms with E-state index in [0.717, 1.165) is 11.6 Å². The van der Waals surface area contributed by atoms with Crippen molar-refractivity contribution >= 4 is 11.6 Å². The topological polar surface area (TPSA) is 94.0 Å². The van der Waals surface area contributed by atoms with Crippen LogP contribution in [0.15, 0.2) is 66.7 Å². The molecule has 0 spiro atoms. The third kappa shape index (κ3) is 5.33. The molecule has 10 heteroatoms. The van der Waals surface area contributed by atoms with Crippen LogP contribution in [0.25, 0.3) is 5.69 Å². The van der Waals surface area contributed by atoms with Gasteiger partial charge in [0.25, 0.3) is 0 Å². The van der Waals surface area contributed by atoms with E-state index in [2.05, 4.69) is 26.2 Å². The summed E-state index contributed by atoms with van der Waals surface area (Å²) in [5, 5.41) is 18.3. The number of anilines is 1. The lowest BCUT2D eigenvalue weighted by Crippen LogP contribution is -2.29. The summed E-state index contributed by atoms with van der Waals surface area (Å²) >= 11 is 0. The standard InChI is InChI=1S/C25H24F2N6O2/c1-15(21-8-5-9-22(26)23(21)27)28-24(17-10-12-18(13-11-17)29-16(2)34)25-30-31-32-33(25)19-6-4-7-20(14-19)35-3/h4-15,24,28H,1-3H3,(H,29,34). The fourth-order valence-corrected chi connectivity index (χ4v) is 3.78. The second kappa shape index (κ2) is 10.4. The highest BCUT2D eigenvalue weighted by Crippen LogP contribution is 2.29. The number of aromatic nitrogens is 4. The van der Waals surface area contributed by atoms with Crippen LogP contribution in [0.5, 0.6) is 5.75 Å². The number of ether oxygens (including phenoxy) is 1. The van der Waals surface area contributed by atoms with Crippen molar-refractivity contribution in [2.75, 3.05) is 12.4 Å².